The Morgan fingerprint density at radius 2 is 1.75 bits per heavy atom. The third kappa shape index (κ3) is 3.70. The molecule has 172 valence electrons. The Bertz CT molecular complexity index is 926. The van der Waals surface area contributed by atoms with E-state index >= 15 is 0 Å². The van der Waals surface area contributed by atoms with Gasteiger partial charge in [0, 0.05) is 31.7 Å². The largest absolute Gasteiger partial charge is 0.355 e. The van der Waals surface area contributed by atoms with Crippen molar-refractivity contribution in [2.45, 2.75) is 57.9 Å². The van der Waals surface area contributed by atoms with E-state index in [1.165, 1.54) is 45.6 Å². The second kappa shape index (κ2) is 8.05. The van der Waals surface area contributed by atoms with Crippen molar-refractivity contribution in [3.63, 3.8) is 0 Å². The fourth-order valence-electron chi connectivity index (χ4n) is 7.46. The normalized spacial score (nSPS) is 34.0. The number of halogens is 1. The molecule has 2 N–H and O–H groups in total. The van der Waals surface area contributed by atoms with E-state index in [9.17, 15) is 14.4 Å². The number of nitrogens with one attached hydrogen (secondary N) is 2. The van der Waals surface area contributed by atoms with E-state index in [1.54, 1.807) is 18.2 Å². The quantitative estimate of drug-likeness (QED) is 0.698. The molecule has 6 rings (SSSR count). The highest BCUT2D eigenvalue weighted by molar-refractivity contribution is 6.34. The molecule has 7 heteroatoms. The molecule has 6 nitrogen and oxygen atoms in total. The maximum Gasteiger partial charge on any atom is 0.252 e. The van der Waals surface area contributed by atoms with Gasteiger partial charge in [0.1, 0.15) is 0 Å². The number of anilines is 1. The minimum Gasteiger partial charge on any atom is -0.355 e. The van der Waals surface area contributed by atoms with Gasteiger partial charge in [0.25, 0.3) is 5.91 Å². The molecule has 2 unspecified atom stereocenters. The summed E-state index contributed by atoms with van der Waals surface area (Å²) < 4.78 is 0. The van der Waals surface area contributed by atoms with Crippen LogP contribution in [0.15, 0.2) is 18.2 Å². The van der Waals surface area contributed by atoms with Crippen molar-refractivity contribution in [1.82, 2.24) is 10.2 Å². The van der Waals surface area contributed by atoms with E-state index in [2.05, 4.69) is 17.6 Å². The van der Waals surface area contributed by atoms with Crippen LogP contribution < -0.4 is 10.6 Å². The predicted octanol–water partition coefficient (Wildman–Crippen LogP) is 4.09. The van der Waals surface area contributed by atoms with E-state index in [4.69, 9.17) is 11.6 Å². The predicted molar refractivity (Wildman–Crippen MR) is 123 cm³/mol. The SMILES string of the molecule is CNC(=O)c1cc(NC(=O)C2CC(=O)N(C(C)C34CC5CC(CC(C5)C3)C4)C2)ccc1Cl. The summed E-state index contributed by atoms with van der Waals surface area (Å²) in [6, 6.07) is 5.05. The number of carbonyl (C=O) groups excluding carboxylic acids is 3. The van der Waals surface area contributed by atoms with Gasteiger partial charge >= 0.3 is 0 Å². The second-order valence-electron chi connectivity index (χ2n) is 10.7. The Morgan fingerprint density at radius 3 is 2.34 bits per heavy atom. The van der Waals surface area contributed by atoms with Crippen LogP contribution in [-0.2, 0) is 9.59 Å². The van der Waals surface area contributed by atoms with E-state index in [-0.39, 0.29) is 41.5 Å². The Kier molecular flexibility index (Phi) is 5.47. The van der Waals surface area contributed by atoms with Gasteiger partial charge in [-0.15, -0.1) is 0 Å². The average molecular weight is 458 g/mol. The second-order valence-corrected chi connectivity index (χ2v) is 11.1. The van der Waals surface area contributed by atoms with E-state index in [0.717, 1.165) is 17.8 Å². The van der Waals surface area contributed by atoms with Crippen LogP contribution in [-0.4, -0.2) is 42.3 Å². The fourth-order valence-corrected chi connectivity index (χ4v) is 7.66. The third-order valence-corrected chi connectivity index (χ3v) is 9.00. The van der Waals surface area contributed by atoms with Crippen LogP contribution >= 0.6 is 11.6 Å². The number of carbonyl (C=O) groups is 3. The summed E-state index contributed by atoms with van der Waals surface area (Å²) in [5, 5.41) is 5.77. The minimum atomic E-state index is -0.377. The molecule has 4 saturated carbocycles. The van der Waals surface area contributed by atoms with Crippen LogP contribution in [0.5, 0.6) is 0 Å². The lowest BCUT2D eigenvalue weighted by molar-refractivity contribution is -0.140. The highest BCUT2D eigenvalue weighted by Gasteiger charge is 2.55. The summed E-state index contributed by atoms with van der Waals surface area (Å²) in [6.45, 7) is 2.70. The summed E-state index contributed by atoms with van der Waals surface area (Å²) in [5.41, 5.74) is 1.07. The lowest BCUT2D eigenvalue weighted by atomic mass is 9.47. The first-order chi connectivity index (χ1) is 15.3. The van der Waals surface area contributed by atoms with Gasteiger partial charge in [-0.2, -0.15) is 0 Å². The van der Waals surface area contributed by atoms with Crippen molar-refractivity contribution in [2.75, 3.05) is 18.9 Å². The Labute approximate surface area is 194 Å². The van der Waals surface area contributed by atoms with Gasteiger partial charge in [-0.1, -0.05) is 11.6 Å². The van der Waals surface area contributed by atoms with E-state index < -0.39 is 0 Å². The van der Waals surface area contributed by atoms with Crippen LogP contribution in [0.2, 0.25) is 5.02 Å². The molecule has 0 spiro atoms. The molecule has 32 heavy (non-hydrogen) atoms. The summed E-state index contributed by atoms with van der Waals surface area (Å²) in [5.74, 6) is 1.73. The minimum absolute atomic E-state index is 0.0931. The van der Waals surface area contributed by atoms with Crippen molar-refractivity contribution in [2.24, 2.45) is 29.1 Å². The van der Waals surface area contributed by atoms with Crippen LogP contribution in [0.3, 0.4) is 0 Å². The standard InChI is InChI=1S/C25H32ClN3O3/c1-14(25-10-15-5-16(11-25)7-17(6-15)12-25)29-13-18(8-22(29)30)23(31)28-19-3-4-21(26)20(9-19)24(32)27-2/h3-4,9,14-18H,5-8,10-13H2,1-2H3,(H,27,32)(H,28,31). The number of hydrogen-bond donors (Lipinski definition) is 2. The van der Waals surface area contributed by atoms with Crippen LogP contribution in [0.25, 0.3) is 0 Å². The topological polar surface area (TPSA) is 78.5 Å². The average Bonchev–Trinajstić information content (AvgIpc) is 3.14. The maximum atomic E-state index is 13.0. The highest BCUT2D eigenvalue weighted by atomic mass is 35.5. The third-order valence-electron chi connectivity index (χ3n) is 8.67. The molecule has 5 aliphatic rings. The van der Waals surface area contributed by atoms with Crippen molar-refractivity contribution >= 4 is 35.0 Å². The molecule has 3 amide bonds. The molecule has 0 radical (unpaired) electrons. The number of nitrogens with zero attached hydrogens (tertiary/aromatic N) is 1. The molecular formula is C25H32ClN3O3. The molecule has 5 fully saturated rings. The molecule has 2 atom stereocenters. The van der Waals surface area contributed by atoms with Crippen molar-refractivity contribution in [3.8, 4) is 0 Å². The number of likely N-dealkylation sites (tertiary alicyclic amines) is 1. The lowest BCUT2D eigenvalue weighted by Crippen LogP contribution is -2.56. The van der Waals surface area contributed by atoms with Gasteiger partial charge < -0.3 is 15.5 Å². The first-order valence-electron chi connectivity index (χ1n) is 11.9. The zero-order valence-electron chi connectivity index (χ0n) is 18.8. The van der Waals surface area contributed by atoms with Gasteiger partial charge in [0.05, 0.1) is 16.5 Å². The summed E-state index contributed by atoms with van der Waals surface area (Å²) in [4.78, 5) is 40.0. The van der Waals surface area contributed by atoms with E-state index in [0.29, 0.717) is 22.8 Å². The van der Waals surface area contributed by atoms with Crippen LogP contribution in [0, 0.1) is 29.1 Å². The van der Waals surface area contributed by atoms with Gasteiger partial charge in [-0.25, -0.2) is 0 Å². The van der Waals surface area contributed by atoms with Crippen LogP contribution in [0.1, 0.15) is 62.2 Å². The first kappa shape index (κ1) is 21.7. The molecule has 4 bridgehead atoms. The summed E-state index contributed by atoms with van der Waals surface area (Å²) >= 11 is 6.11. The number of amides is 3. The maximum absolute atomic E-state index is 13.0. The first-order valence-corrected chi connectivity index (χ1v) is 12.3. The molecule has 1 saturated heterocycles. The van der Waals surface area contributed by atoms with Crippen molar-refractivity contribution in [1.29, 1.82) is 0 Å². The molecule has 1 aliphatic heterocycles. The highest BCUT2D eigenvalue weighted by Crippen LogP contribution is 2.62. The van der Waals surface area contributed by atoms with Gasteiger partial charge in [0.15, 0.2) is 0 Å². The molecule has 0 aromatic heterocycles. The zero-order chi connectivity index (χ0) is 22.6. The number of benzene rings is 1. The monoisotopic (exact) mass is 457 g/mol. The Hall–Kier alpha value is -2.08. The molecule has 4 aliphatic carbocycles. The smallest absolute Gasteiger partial charge is 0.252 e. The van der Waals surface area contributed by atoms with Gasteiger partial charge in [-0.3, -0.25) is 14.4 Å². The zero-order valence-corrected chi connectivity index (χ0v) is 19.6. The number of hydrogen-bond acceptors (Lipinski definition) is 3. The van der Waals surface area contributed by atoms with Crippen molar-refractivity contribution in [3.05, 3.63) is 28.8 Å². The lowest BCUT2D eigenvalue weighted by Gasteiger charge is -2.60. The summed E-state index contributed by atoms with van der Waals surface area (Å²) in [7, 11) is 1.54. The molecular weight excluding hydrogens is 426 g/mol. The number of rotatable bonds is 5. The van der Waals surface area contributed by atoms with Crippen molar-refractivity contribution < 1.29 is 14.4 Å². The van der Waals surface area contributed by atoms with E-state index in [1.807, 2.05) is 4.90 Å². The summed E-state index contributed by atoms with van der Waals surface area (Å²) in [6.07, 6.45) is 8.12. The van der Waals surface area contributed by atoms with Gasteiger partial charge in [0.2, 0.25) is 11.8 Å². The Morgan fingerprint density at radius 1 is 1.12 bits per heavy atom. The van der Waals surface area contributed by atoms with Crippen LogP contribution in [0.4, 0.5) is 5.69 Å². The Balaban J connectivity index is 1.27. The van der Waals surface area contributed by atoms with Gasteiger partial charge in [-0.05, 0) is 86.8 Å². The molecule has 1 aromatic carbocycles. The molecule has 1 aromatic rings. The molecule has 1 heterocycles. The fraction of sp³-hybridized carbons (Fsp3) is 0.640.